The molecule has 1 aromatic heterocycles. The molecule has 20 heavy (non-hydrogen) atoms. The molecule has 0 N–H and O–H groups in total. The maximum absolute atomic E-state index is 12.0. The fourth-order valence-electron chi connectivity index (χ4n) is 3.81. The predicted molar refractivity (Wildman–Crippen MR) is 78.7 cm³/mol. The lowest BCUT2D eigenvalue weighted by molar-refractivity contribution is -0.122. The molecule has 2 atom stereocenters. The van der Waals surface area contributed by atoms with E-state index in [1.807, 2.05) is 14.0 Å². The third kappa shape index (κ3) is 2.40. The molecule has 0 radical (unpaired) electrons. The maximum Gasteiger partial charge on any atom is 0.137 e. The van der Waals surface area contributed by atoms with Crippen LogP contribution >= 0.6 is 11.6 Å². The smallest absolute Gasteiger partial charge is 0.137 e. The third-order valence-electron chi connectivity index (χ3n) is 4.86. The Labute approximate surface area is 125 Å². The molecule has 1 aliphatic heterocycles. The van der Waals surface area contributed by atoms with Crippen molar-refractivity contribution in [3.8, 4) is 0 Å². The fraction of sp³-hybridized carbons (Fsp3) is 0.733. The number of aryl methyl sites for hydroxylation is 2. The van der Waals surface area contributed by atoms with Gasteiger partial charge in [-0.1, -0.05) is 11.6 Å². The predicted octanol–water partition coefficient (Wildman–Crippen LogP) is 2.72. The summed E-state index contributed by atoms with van der Waals surface area (Å²) in [7, 11) is 1.88. The monoisotopic (exact) mass is 295 g/mol. The normalized spacial score (nSPS) is 27.6. The van der Waals surface area contributed by atoms with Gasteiger partial charge in [0.1, 0.15) is 10.9 Å². The second kappa shape index (κ2) is 5.49. The average molecular weight is 296 g/mol. The van der Waals surface area contributed by atoms with Crippen LogP contribution in [0.2, 0.25) is 5.15 Å². The van der Waals surface area contributed by atoms with E-state index in [2.05, 4.69) is 10.00 Å². The molecule has 2 aliphatic rings. The molecule has 0 amide bonds. The van der Waals surface area contributed by atoms with E-state index in [0.29, 0.717) is 11.8 Å². The molecular formula is C15H22ClN3O. The van der Waals surface area contributed by atoms with Crippen molar-refractivity contribution >= 4 is 17.4 Å². The van der Waals surface area contributed by atoms with E-state index in [9.17, 15) is 4.79 Å². The number of hydrogen-bond donors (Lipinski definition) is 0. The van der Waals surface area contributed by atoms with E-state index in [1.165, 1.54) is 6.42 Å². The number of ketones is 1. The van der Waals surface area contributed by atoms with Gasteiger partial charge in [-0.3, -0.25) is 14.4 Å². The van der Waals surface area contributed by atoms with Gasteiger partial charge in [0.05, 0.1) is 5.69 Å². The Hall–Kier alpha value is -0.870. The summed E-state index contributed by atoms with van der Waals surface area (Å²) >= 11 is 6.34. The summed E-state index contributed by atoms with van der Waals surface area (Å²) in [4.78, 5) is 14.5. The highest BCUT2D eigenvalue weighted by Crippen LogP contribution is 2.35. The minimum Gasteiger partial charge on any atom is -0.299 e. The molecule has 5 heteroatoms. The molecule has 2 unspecified atom stereocenters. The Balaban J connectivity index is 1.77. The molecule has 0 spiro atoms. The van der Waals surface area contributed by atoms with Crippen LogP contribution in [-0.4, -0.2) is 33.1 Å². The van der Waals surface area contributed by atoms with E-state index in [0.717, 1.165) is 55.2 Å². The summed E-state index contributed by atoms with van der Waals surface area (Å²) in [6.07, 6.45) is 5.25. The van der Waals surface area contributed by atoms with Gasteiger partial charge in [0.25, 0.3) is 0 Å². The van der Waals surface area contributed by atoms with Crippen LogP contribution in [0.1, 0.15) is 43.4 Å². The highest BCUT2D eigenvalue weighted by Gasteiger charge is 2.38. The first-order valence-electron chi connectivity index (χ1n) is 7.52. The van der Waals surface area contributed by atoms with Crippen molar-refractivity contribution in [2.75, 3.05) is 6.54 Å². The number of Topliss-reactive ketones (excluding diaryl/α,β-unsaturated/α-hetero) is 1. The Bertz CT molecular complexity index is 525. The summed E-state index contributed by atoms with van der Waals surface area (Å²) in [5.41, 5.74) is 2.12. The molecule has 0 aromatic carbocycles. The van der Waals surface area contributed by atoms with Gasteiger partial charge < -0.3 is 0 Å². The third-order valence-corrected chi connectivity index (χ3v) is 5.33. The molecule has 2 heterocycles. The number of hydrogen-bond acceptors (Lipinski definition) is 3. The zero-order valence-corrected chi connectivity index (χ0v) is 13.0. The van der Waals surface area contributed by atoms with Crippen LogP contribution in [0.15, 0.2) is 0 Å². The summed E-state index contributed by atoms with van der Waals surface area (Å²) in [5, 5.41) is 5.11. The first-order chi connectivity index (χ1) is 9.58. The fourth-order valence-corrected chi connectivity index (χ4v) is 4.04. The van der Waals surface area contributed by atoms with Crippen molar-refractivity contribution < 1.29 is 4.79 Å². The van der Waals surface area contributed by atoms with Crippen molar-refractivity contribution in [3.05, 3.63) is 16.4 Å². The minimum atomic E-state index is 0.258. The maximum atomic E-state index is 12.0. The Morgan fingerprint density at radius 3 is 2.75 bits per heavy atom. The van der Waals surface area contributed by atoms with Crippen LogP contribution in [0.25, 0.3) is 0 Å². The Morgan fingerprint density at radius 1 is 1.35 bits per heavy atom. The van der Waals surface area contributed by atoms with E-state index in [1.54, 1.807) is 4.68 Å². The number of aromatic nitrogens is 2. The second-order valence-corrected chi connectivity index (χ2v) is 6.48. The van der Waals surface area contributed by atoms with E-state index in [4.69, 9.17) is 11.6 Å². The highest BCUT2D eigenvalue weighted by atomic mass is 35.5. The van der Waals surface area contributed by atoms with Crippen molar-refractivity contribution in [2.24, 2.45) is 13.0 Å². The van der Waals surface area contributed by atoms with Crippen LogP contribution in [-0.2, 0) is 18.4 Å². The highest BCUT2D eigenvalue weighted by molar-refractivity contribution is 6.30. The molecule has 1 saturated carbocycles. The molecule has 2 fully saturated rings. The van der Waals surface area contributed by atoms with Crippen molar-refractivity contribution in [1.29, 1.82) is 0 Å². The number of halogens is 1. The number of rotatable bonds is 3. The molecule has 0 bridgehead atoms. The van der Waals surface area contributed by atoms with Crippen LogP contribution in [0.5, 0.6) is 0 Å². The van der Waals surface area contributed by atoms with Gasteiger partial charge in [-0.05, 0) is 39.2 Å². The molecule has 4 nitrogen and oxygen atoms in total. The summed E-state index contributed by atoms with van der Waals surface area (Å²) in [6, 6.07) is 0.417. The minimum absolute atomic E-state index is 0.258. The zero-order chi connectivity index (χ0) is 14.3. The molecule has 1 aliphatic carbocycles. The van der Waals surface area contributed by atoms with E-state index in [-0.39, 0.29) is 5.92 Å². The van der Waals surface area contributed by atoms with Crippen LogP contribution in [0.3, 0.4) is 0 Å². The van der Waals surface area contributed by atoms with Gasteiger partial charge >= 0.3 is 0 Å². The quantitative estimate of drug-likeness (QED) is 0.860. The lowest BCUT2D eigenvalue weighted by Gasteiger charge is -2.28. The van der Waals surface area contributed by atoms with Crippen molar-refractivity contribution in [2.45, 2.75) is 51.6 Å². The van der Waals surface area contributed by atoms with Crippen LogP contribution in [0, 0.1) is 12.8 Å². The summed E-state index contributed by atoms with van der Waals surface area (Å²) < 4.78 is 1.73. The van der Waals surface area contributed by atoms with Crippen molar-refractivity contribution in [3.63, 3.8) is 0 Å². The first kappa shape index (κ1) is 14.1. The van der Waals surface area contributed by atoms with Gasteiger partial charge in [-0.25, -0.2) is 0 Å². The number of likely N-dealkylation sites (tertiary alicyclic amines) is 1. The van der Waals surface area contributed by atoms with Crippen molar-refractivity contribution in [1.82, 2.24) is 14.7 Å². The van der Waals surface area contributed by atoms with Gasteiger partial charge in [-0.2, -0.15) is 5.10 Å². The van der Waals surface area contributed by atoms with E-state index >= 15 is 0 Å². The van der Waals surface area contributed by atoms with Gasteiger partial charge in [0.15, 0.2) is 0 Å². The largest absolute Gasteiger partial charge is 0.299 e. The number of carbonyl (C=O) groups is 1. The average Bonchev–Trinajstić information content (AvgIpc) is 3.07. The first-order valence-corrected chi connectivity index (χ1v) is 7.90. The lowest BCUT2D eigenvalue weighted by Crippen LogP contribution is -2.37. The Morgan fingerprint density at radius 2 is 2.15 bits per heavy atom. The zero-order valence-electron chi connectivity index (χ0n) is 12.2. The van der Waals surface area contributed by atoms with Gasteiger partial charge in [-0.15, -0.1) is 0 Å². The lowest BCUT2D eigenvalue weighted by atomic mass is 9.95. The molecule has 1 aromatic rings. The molecule has 1 saturated heterocycles. The Kier molecular flexibility index (Phi) is 3.87. The topological polar surface area (TPSA) is 38.1 Å². The SMILES string of the molecule is Cc1nn(C)c(Cl)c1CN1CCCC1C1CCCC1=O. The summed E-state index contributed by atoms with van der Waals surface area (Å²) in [6.45, 7) is 3.90. The van der Waals surface area contributed by atoms with E-state index < -0.39 is 0 Å². The van der Waals surface area contributed by atoms with Gasteiger partial charge in [0.2, 0.25) is 0 Å². The summed E-state index contributed by atoms with van der Waals surface area (Å²) in [5.74, 6) is 0.726. The number of nitrogens with zero attached hydrogens (tertiary/aromatic N) is 3. The van der Waals surface area contributed by atoms with Gasteiger partial charge in [0, 0.05) is 37.5 Å². The molecule has 3 rings (SSSR count). The molecule has 110 valence electrons. The second-order valence-electron chi connectivity index (χ2n) is 6.12. The van der Waals surface area contributed by atoms with Crippen LogP contribution < -0.4 is 0 Å². The molecular weight excluding hydrogens is 274 g/mol. The number of carbonyl (C=O) groups excluding carboxylic acids is 1. The standard InChI is InChI=1S/C15H22ClN3O/c1-10-12(15(16)18(2)17-10)9-19-8-4-6-13(19)11-5-3-7-14(11)20/h11,13H,3-9H2,1-2H3. The van der Waals surface area contributed by atoms with Crippen LogP contribution in [0.4, 0.5) is 0 Å².